The molecule has 20 heavy (non-hydrogen) atoms. The summed E-state index contributed by atoms with van der Waals surface area (Å²) in [7, 11) is 3.01. The number of ether oxygens (including phenoxy) is 1. The van der Waals surface area contributed by atoms with Gasteiger partial charge in [-0.25, -0.2) is 9.78 Å². The van der Waals surface area contributed by atoms with E-state index in [9.17, 15) is 18.0 Å². The molecular weight excluding hydrogens is 297 g/mol. The highest BCUT2D eigenvalue weighted by Gasteiger charge is 2.35. The van der Waals surface area contributed by atoms with Gasteiger partial charge >= 0.3 is 12.1 Å². The van der Waals surface area contributed by atoms with E-state index < -0.39 is 29.3 Å². The van der Waals surface area contributed by atoms with E-state index in [0.29, 0.717) is 6.07 Å². The maximum atomic E-state index is 12.7. The van der Waals surface area contributed by atoms with Crippen LogP contribution in [0.4, 0.5) is 13.2 Å². The maximum Gasteiger partial charge on any atom is 0.433 e. The van der Waals surface area contributed by atoms with Crippen LogP contribution in [0, 0.1) is 6.92 Å². The number of pyridine rings is 1. The summed E-state index contributed by atoms with van der Waals surface area (Å²) in [5.74, 6) is -2.12. The molecule has 1 heterocycles. The van der Waals surface area contributed by atoms with Gasteiger partial charge in [-0.2, -0.15) is 13.2 Å². The minimum Gasteiger partial charge on any atom is -0.477 e. The second-order valence-electron chi connectivity index (χ2n) is 4.07. The van der Waals surface area contributed by atoms with Crippen molar-refractivity contribution >= 4 is 23.4 Å². The number of nitrogens with zero attached hydrogens (tertiary/aromatic N) is 2. The smallest absolute Gasteiger partial charge is 0.433 e. The van der Waals surface area contributed by atoms with Gasteiger partial charge in [0, 0.05) is 14.1 Å². The highest BCUT2D eigenvalue weighted by atomic mass is 32.1. The van der Waals surface area contributed by atoms with Crippen molar-refractivity contribution in [2.24, 2.45) is 0 Å². The van der Waals surface area contributed by atoms with Gasteiger partial charge in [0.1, 0.15) is 11.3 Å². The van der Waals surface area contributed by atoms with E-state index in [0.717, 1.165) is 0 Å². The number of hydrogen-bond donors (Lipinski definition) is 1. The predicted octanol–water partition coefficient (Wildman–Crippen LogP) is 2.33. The van der Waals surface area contributed by atoms with Crippen LogP contribution in [0.5, 0.6) is 5.88 Å². The molecule has 0 aliphatic rings. The Morgan fingerprint density at radius 2 is 2.00 bits per heavy atom. The Balaban J connectivity index is 3.40. The average Bonchev–Trinajstić information content (AvgIpc) is 2.26. The number of carbonyl (C=O) groups is 1. The number of thiocarbonyl (C=S) groups is 1. The lowest BCUT2D eigenvalue weighted by molar-refractivity contribution is -0.141. The molecule has 1 N–H and O–H groups in total. The minimum absolute atomic E-state index is 0.114. The second kappa shape index (κ2) is 5.61. The number of aromatic nitrogens is 1. The normalized spacial score (nSPS) is 11.1. The largest absolute Gasteiger partial charge is 0.477 e. The molecule has 0 saturated heterocycles. The molecule has 5 nitrogen and oxygen atoms in total. The van der Waals surface area contributed by atoms with Crippen molar-refractivity contribution in [3.8, 4) is 5.88 Å². The maximum absolute atomic E-state index is 12.7. The van der Waals surface area contributed by atoms with Crippen molar-refractivity contribution in [2.75, 3.05) is 14.1 Å². The van der Waals surface area contributed by atoms with Crippen LogP contribution in [-0.2, 0) is 6.18 Å². The van der Waals surface area contributed by atoms with Gasteiger partial charge in [-0.15, -0.1) is 0 Å². The van der Waals surface area contributed by atoms with Gasteiger partial charge in [0.05, 0.1) is 0 Å². The van der Waals surface area contributed by atoms with Gasteiger partial charge in [0.2, 0.25) is 5.88 Å². The van der Waals surface area contributed by atoms with Crippen molar-refractivity contribution < 1.29 is 27.8 Å². The number of aromatic carboxylic acids is 1. The molecule has 0 fully saturated rings. The van der Waals surface area contributed by atoms with Gasteiger partial charge in [-0.3, -0.25) is 0 Å². The van der Waals surface area contributed by atoms with Crippen molar-refractivity contribution in [1.29, 1.82) is 0 Å². The third kappa shape index (κ3) is 3.56. The molecule has 0 aliphatic heterocycles. The Morgan fingerprint density at radius 3 is 2.40 bits per heavy atom. The molecule has 0 aliphatic carbocycles. The Kier molecular flexibility index (Phi) is 4.53. The summed E-state index contributed by atoms with van der Waals surface area (Å²) in [5.41, 5.74) is -1.81. The molecule has 0 saturated carbocycles. The first-order valence-electron chi connectivity index (χ1n) is 5.25. The summed E-state index contributed by atoms with van der Waals surface area (Å²) in [6.07, 6.45) is -4.71. The number of aryl methyl sites for hydroxylation is 1. The standard InChI is InChI=1S/C11H11F3N2O3S/c1-5-4-6(11(12,13)14)15-8(7(5)9(17)18)19-10(20)16(2)3/h4H,1-3H3,(H,17,18). The number of carboxylic acids is 1. The first kappa shape index (κ1) is 16.2. The van der Waals surface area contributed by atoms with Crippen LogP contribution in [-0.4, -0.2) is 40.2 Å². The van der Waals surface area contributed by atoms with Crippen LogP contribution >= 0.6 is 12.2 Å². The summed E-state index contributed by atoms with van der Waals surface area (Å²) in [5, 5.41) is 8.84. The summed E-state index contributed by atoms with van der Waals surface area (Å²) in [6, 6.07) is 0.648. The fourth-order valence-electron chi connectivity index (χ4n) is 1.30. The van der Waals surface area contributed by atoms with Crippen LogP contribution in [0.25, 0.3) is 0 Å². The number of carboxylic acid groups (broad SMARTS) is 1. The van der Waals surface area contributed by atoms with Crippen molar-refractivity contribution in [3.05, 3.63) is 22.9 Å². The fraction of sp³-hybridized carbons (Fsp3) is 0.364. The zero-order chi connectivity index (χ0) is 15.7. The van der Waals surface area contributed by atoms with E-state index in [1.807, 2.05) is 0 Å². The lowest BCUT2D eigenvalue weighted by Gasteiger charge is -2.17. The molecule has 0 unspecified atom stereocenters. The highest BCUT2D eigenvalue weighted by Crippen LogP contribution is 2.32. The second-order valence-corrected chi connectivity index (χ2v) is 4.42. The quantitative estimate of drug-likeness (QED) is 0.846. The van der Waals surface area contributed by atoms with E-state index in [2.05, 4.69) is 4.98 Å². The SMILES string of the molecule is Cc1cc(C(F)(F)F)nc(OC(=S)N(C)C)c1C(=O)O. The molecule has 0 amide bonds. The van der Waals surface area contributed by atoms with E-state index in [-0.39, 0.29) is 10.7 Å². The molecule has 1 rings (SSSR count). The molecular formula is C11H11F3N2O3S. The Labute approximate surface area is 118 Å². The van der Waals surface area contributed by atoms with Gasteiger partial charge in [-0.1, -0.05) is 0 Å². The molecule has 0 aromatic carbocycles. The monoisotopic (exact) mass is 308 g/mol. The van der Waals surface area contributed by atoms with E-state index in [1.165, 1.54) is 25.9 Å². The summed E-state index contributed by atoms with van der Waals surface area (Å²) in [4.78, 5) is 15.6. The molecule has 0 bridgehead atoms. The Bertz CT molecular complexity index is 559. The summed E-state index contributed by atoms with van der Waals surface area (Å²) >= 11 is 4.78. The van der Waals surface area contributed by atoms with Gasteiger partial charge in [-0.05, 0) is 30.8 Å². The van der Waals surface area contributed by atoms with Gasteiger partial charge in [0.25, 0.3) is 5.17 Å². The van der Waals surface area contributed by atoms with Crippen molar-refractivity contribution in [2.45, 2.75) is 13.1 Å². The van der Waals surface area contributed by atoms with Crippen LogP contribution in [0.15, 0.2) is 6.07 Å². The molecule has 0 spiro atoms. The molecule has 9 heteroatoms. The first-order chi connectivity index (χ1) is 9.04. The molecule has 1 aromatic rings. The van der Waals surface area contributed by atoms with Crippen LogP contribution in [0.1, 0.15) is 21.6 Å². The zero-order valence-corrected chi connectivity index (χ0v) is 11.6. The average molecular weight is 308 g/mol. The van der Waals surface area contributed by atoms with Gasteiger partial charge < -0.3 is 14.7 Å². The van der Waals surface area contributed by atoms with Crippen LogP contribution in [0.3, 0.4) is 0 Å². The zero-order valence-electron chi connectivity index (χ0n) is 10.8. The summed E-state index contributed by atoms with van der Waals surface area (Å²) < 4.78 is 43.0. The number of hydrogen-bond acceptors (Lipinski definition) is 4. The van der Waals surface area contributed by atoms with Crippen LogP contribution in [0.2, 0.25) is 0 Å². The summed E-state index contributed by atoms with van der Waals surface area (Å²) in [6.45, 7) is 1.23. The molecule has 0 radical (unpaired) electrons. The van der Waals surface area contributed by atoms with E-state index >= 15 is 0 Å². The Hall–Kier alpha value is -1.90. The highest BCUT2D eigenvalue weighted by molar-refractivity contribution is 7.80. The van der Waals surface area contributed by atoms with E-state index in [1.54, 1.807) is 0 Å². The molecule has 1 aromatic heterocycles. The van der Waals surface area contributed by atoms with Crippen molar-refractivity contribution in [3.63, 3.8) is 0 Å². The third-order valence-corrected chi connectivity index (χ3v) is 2.69. The number of rotatable bonds is 2. The first-order valence-corrected chi connectivity index (χ1v) is 5.66. The molecule has 110 valence electrons. The van der Waals surface area contributed by atoms with Gasteiger partial charge in [0.15, 0.2) is 0 Å². The third-order valence-electron chi connectivity index (χ3n) is 2.24. The minimum atomic E-state index is -4.71. The molecule has 0 atom stereocenters. The lowest BCUT2D eigenvalue weighted by Crippen LogP contribution is -2.27. The predicted molar refractivity (Wildman–Crippen MR) is 67.8 cm³/mol. The lowest BCUT2D eigenvalue weighted by atomic mass is 10.1. The van der Waals surface area contributed by atoms with Crippen LogP contribution < -0.4 is 4.74 Å². The fourth-order valence-corrected chi connectivity index (χ4v) is 1.38. The van der Waals surface area contributed by atoms with Crippen molar-refractivity contribution in [1.82, 2.24) is 9.88 Å². The Morgan fingerprint density at radius 1 is 1.45 bits per heavy atom. The topological polar surface area (TPSA) is 62.7 Å². The number of halogens is 3. The number of alkyl halides is 3. The van der Waals surface area contributed by atoms with E-state index in [4.69, 9.17) is 22.1 Å².